The Morgan fingerprint density at radius 2 is 1.92 bits per heavy atom. The molecule has 1 N–H and O–H groups in total. The van der Waals surface area contributed by atoms with Crippen LogP contribution in [0.4, 0.5) is 10.1 Å². The van der Waals surface area contributed by atoms with Crippen LogP contribution in [0.25, 0.3) is 0 Å². The first-order valence-corrected chi connectivity index (χ1v) is 12.2. The predicted molar refractivity (Wildman–Crippen MR) is 139 cm³/mol. The standard InChI is InChI=1S/C29H32FN3O3/c1-19-7-8-24(25(30)15-19)18-36-28-6-4-5-27(32-28)22-11-13-33(14-12-22)17-21(3)31-26-10-9-23(29(34)35)16-20(26)2/h4-10,15-16,22H,11-14,17-18H2,1-3H3,(H,34,35). The third kappa shape index (κ3) is 6.55. The van der Waals surface area contributed by atoms with Crippen LogP contribution in [0.3, 0.4) is 0 Å². The number of rotatable bonds is 8. The topological polar surface area (TPSA) is 75.0 Å². The number of carboxylic acid groups (broad SMARTS) is 1. The molecule has 0 amide bonds. The van der Waals surface area contributed by atoms with Crippen LogP contribution in [0.1, 0.15) is 58.4 Å². The fraction of sp³-hybridized carbons (Fsp3) is 0.345. The molecule has 1 aromatic heterocycles. The molecule has 6 nitrogen and oxygen atoms in total. The fourth-order valence-electron chi connectivity index (χ4n) is 4.53. The van der Waals surface area contributed by atoms with E-state index in [1.54, 1.807) is 24.3 Å². The van der Waals surface area contributed by atoms with E-state index in [1.807, 2.05) is 45.0 Å². The zero-order valence-corrected chi connectivity index (χ0v) is 21.0. The molecule has 0 aliphatic carbocycles. The Balaban J connectivity index is 1.31. The number of hydrogen-bond acceptors (Lipinski definition) is 5. The SMILES string of the molecule is CC(CN1CCC(c2cccc(OCc3ccc(C)cc3F)n2)CC1)=Nc1ccc(C(=O)O)cc1C. The Bertz CT molecular complexity index is 1270. The van der Waals surface area contributed by atoms with Crippen LogP contribution in [0.2, 0.25) is 0 Å². The Hall–Kier alpha value is -3.58. The summed E-state index contributed by atoms with van der Waals surface area (Å²) < 4.78 is 19.9. The van der Waals surface area contributed by atoms with E-state index in [-0.39, 0.29) is 18.0 Å². The molecule has 1 fully saturated rings. The molecule has 2 aromatic carbocycles. The van der Waals surface area contributed by atoms with Gasteiger partial charge in [-0.3, -0.25) is 9.89 Å². The lowest BCUT2D eigenvalue weighted by Crippen LogP contribution is -2.36. The summed E-state index contributed by atoms with van der Waals surface area (Å²) >= 11 is 0. The highest BCUT2D eigenvalue weighted by Gasteiger charge is 2.22. The van der Waals surface area contributed by atoms with E-state index in [9.17, 15) is 9.18 Å². The second-order valence-electron chi connectivity index (χ2n) is 9.49. The van der Waals surface area contributed by atoms with E-state index in [1.165, 1.54) is 6.07 Å². The zero-order valence-electron chi connectivity index (χ0n) is 21.0. The van der Waals surface area contributed by atoms with Crippen molar-refractivity contribution in [3.8, 4) is 5.88 Å². The fourth-order valence-corrected chi connectivity index (χ4v) is 4.53. The number of carbonyl (C=O) groups is 1. The van der Waals surface area contributed by atoms with Crippen LogP contribution in [0.5, 0.6) is 5.88 Å². The monoisotopic (exact) mass is 489 g/mol. The van der Waals surface area contributed by atoms with E-state index in [0.717, 1.165) is 60.7 Å². The van der Waals surface area contributed by atoms with Crippen molar-refractivity contribution < 1.29 is 19.0 Å². The highest BCUT2D eigenvalue weighted by molar-refractivity contribution is 5.90. The highest BCUT2D eigenvalue weighted by Crippen LogP contribution is 2.28. The number of hydrogen-bond donors (Lipinski definition) is 1. The second-order valence-corrected chi connectivity index (χ2v) is 9.49. The molecule has 0 unspecified atom stereocenters. The lowest BCUT2D eigenvalue weighted by molar-refractivity contribution is 0.0697. The van der Waals surface area contributed by atoms with Crippen LogP contribution >= 0.6 is 0 Å². The van der Waals surface area contributed by atoms with Gasteiger partial charge in [0.15, 0.2) is 0 Å². The first-order valence-electron chi connectivity index (χ1n) is 12.2. The number of likely N-dealkylation sites (tertiary alicyclic amines) is 1. The van der Waals surface area contributed by atoms with Crippen LogP contribution in [0.15, 0.2) is 59.6 Å². The number of aryl methyl sites for hydroxylation is 2. The molecular weight excluding hydrogens is 457 g/mol. The van der Waals surface area contributed by atoms with E-state index < -0.39 is 5.97 Å². The summed E-state index contributed by atoms with van der Waals surface area (Å²) in [5.41, 5.74) is 5.34. The average Bonchev–Trinajstić information content (AvgIpc) is 2.85. The first-order chi connectivity index (χ1) is 17.3. The van der Waals surface area contributed by atoms with Crippen molar-refractivity contribution in [2.75, 3.05) is 19.6 Å². The van der Waals surface area contributed by atoms with Gasteiger partial charge in [-0.15, -0.1) is 0 Å². The molecular formula is C29H32FN3O3. The maximum Gasteiger partial charge on any atom is 0.335 e. The molecule has 2 heterocycles. The molecule has 4 rings (SSSR count). The number of piperidine rings is 1. The van der Waals surface area contributed by atoms with Crippen molar-refractivity contribution in [1.82, 2.24) is 9.88 Å². The van der Waals surface area contributed by atoms with Crippen LogP contribution < -0.4 is 4.74 Å². The molecule has 0 spiro atoms. The lowest BCUT2D eigenvalue weighted by atomic mass is 9.93. The lowest BCUT2D eigenvalue weighted by Gasteiger charge is -2.31. The summed E-state index contributed by atoms with van der Waals surface area (Å²) in [5.74, 6) is -0.323. The minimum Gasteiger partial charge on any atom is -0.478 e. The summed E-state index contributed by atoms with van der Waals surface area (Å²) in [6.45, 7) is 8.55. The second kappa shape index (κ2) is 11.4. The molecule has 188 valence electrons. The molecule has 1 aliphatic heterocycles. The Morgan fingerprint density at radius 1 is 1.14 bits per heavy atom. The number of nitrogens with zero attached hydrogens (tertiary/aromatic N) is 3. The Kier molecular flexibility index (Phi) is 8.10. The van der Waals surface area contributed by atoms with Crippen LogP contribution in [-0.4, -0.2) is 46.3 Å². The summed E-state index contributed by atoms with van der Waals surface area (Å²) in [5, 5.41) is 9.14. The van der Waals surface area contributed by atoms with Crippen molar-refractivity contribution in [2.45, 2.75) is 46.1 Å². The highest BCUT2D eigenvalue weighted by atomic mass is 19.1. The van der Waals surface area contributed by atoms with Gasteiger partial charge in [0.25, 0.3) is 0 Å². The van der Waals surface area contributed by atoms with Crippen molar-refractivity contribution in [1.29, 1.82) is 0 Å². The molecule has 0 atom stereocenters. The molecule has 3 aromatic rings. The minimum absolute atomic E-state index is 0.151. The predicted octanol–water partition coefficient (Wildman–Crippen LogP) is 6.09. The summed E-state index contributed by atoms with van der Waals surface area (Å²) in [7, 11) is 0. The van der Waals surface area contributed by atoms with Gasteiger partial charge >= 0.3 is 5.97 Å². The van der Waals surface area contributed by atoms with Gasteiger partial charge in [-0.25, -0.2) is 14.2 Å². The van der Waals surface area contributed by atoms with Crippen molar-refractivity contribution in [3.63, 3.8) is 0 Å². The van der Waals surface area contributed by atoms with Gasteiger partial charge in [0.1, 0.15) is 12.4 Å². The van der Waals surface area contributed by atoms with Gasteiger partial charge in [0, 0.05) is 35.5 Å². The number of ether oxygens (including phenoxy) is 1. The summed E-state index contributed by atoms with van der Waals surface area (Å²) in [6.07, 6.45) is 1.98. The Labute approximate surface area is 211 Å². The van der Waals surface area contributed by atoms with Gasteiger partial charge in [0.05, 0.1) is 11.3 Å². The maximum absolute atomic E-state index is 14.1. The van der Waals surface area contributed by atoms with Crippen molar-refractivity contribution in [3.05, 3.63) is 88.4 Å². The number of aliphatic imine (C=N–C) groups is 1. The van der Waals surface area contributed by atoms with Crippen molar-refractivity contribution >= 4 is 17.4 Å². The van der Waals surface area contributed by atoms with Gasteiger partial charge in [-0.05, 0) is 88.2 Å². The third-order valence-corrected chi connectivity index (χ3v) is 6.54. The molecule has 1 aliphatic rings. The largest absolute Gasteiger partial charge is 0.478 e. The number of halogens is 1. The molecule has 0 radical (unpaired) electrons. The van der Waals surface area contributed by atoms with Gasteiger partial charge < -0.3 is 9.84 Å². The quantitative estimate of drug-likeness (QED) is 0.388. The van der Waals surface area contributed by atoms with E-state index in [4.69, 9.17) is 19.8 Å². The maximum atomic E-state index is 14.1. The van der Waals surface area contributed by atoms with Crippen molar-refractivity contribution in [2.24, 2.45) is 4.99 Å². The van der Waals surface area contributed by atoms with Gasteiger partial charge in [0.2, 0.25) is 5.88 Å². The van der Waals surface area contributed by atoms with E-state index in [2.05, 4.69) is 4.90 Å². The van der Waals surface area contributed by atoms with Crippen LogP contribution in [-0.2, 0) is 6.61 Å². The zero-order chi connectivity index (χ0) is 25.7. The number of benzene rings is 2. The number of carboxylic acids is 1. The molecule has 1 saturated heterocycles. The molecule has 36 heavy (non-hydrogen) atoms. The molecule has 0 saturated carbocycles. The smallest absolute Gasteiger partial charge is 0.335 e. The average molecular weight is 490 g/mol. The van der Waals surface area contributed by atoms with Gasteiger partial charge in [-0.1, -0.05) is 18.2 Å². The summed E-state index contributed by atoms with van der Waals surface area (Å²) in [4.78, 5) is 23.0. The first kappa shape index (κ1) is 25.5. The number of pyridine rings is 1. The third-order valence-electron chi connectivity index (χ3n) is 6.54. The summed E-state index contributed by atoms with van der Waals surface area (Å²) in [6, 6.07) is 16.0. The minimum atomic E-state index is -0.931. The normalized spacial score (nSPS) is 15.2. The molecule has 7 heteroatoms. The van der Waals surface area contributed by atoms with Gasteiger partial charge in [-0.2, -0.15) is 0 Å². The van der Waals surface area contributed by atoms with E-state index >= 15 is 0 Å². The number of aromatic nitrogens is 1. The number of aromatic carboxylic acids is 1. The molecule has 0 bridgehead atoms. The van der Waals surface area contributed by atoms with E-state index in [0.29, 0.717) is 17.4 Å². The van der Waals surface area contributed by atoms with Crippen LogP contribution in [0, 0.1) is 19.7 Å². The Morgan fingerprint density at radius 3 is 2.61 bits per heavy atom.